The van der Waals surface area contributed by atoms with Gasteiger partial charge in [0.05, 0.1) is 6.54 Å². The summed E-state index contributed by atoms with van der Waals surface area (Å²) in [4.78, 5) is 11.6. The van der Waals surface area contributed by atoms with Crippen molar-refractivity contribution >= 4 is 17.5 Å². The molecular formula is C14H21ClN2O2. The maximum absolute atomic E-state index is 11.6. The zero-order chi connectivity index (χ0) is 14.1. The van der Waals surface area contributed by atoms with Gasteiger partial charge in [0.25, 0.3) is 0 Å². The van der Waals surface area contributed by atoms with E-state index in [0.29, 0.717) is 24.7 Å². The second-order valence-electron chi connectivity index (χ2n) is 4.35. The summed E-state index contributed by atoms with van der Waals surface area (Å²) in [6.45, 7) is 3.59. The molecule has 2 N–H and O–H groups in total. The van der Waals surface area contributed by atoms with Gasteiger partial charge >= 0.3 is 0 Å². The third kappa shape index (κ3) is 6.57. The standard InChI is InChI=1S/C14H21ClN2O2/c1-11(12-5-3-6-13(15)9-12)17-10-14(18)16-7-4-8-19-2/h3,5-6,9,11,17H,4,7-8,10H2,1-2H3,(H,16,18). The van der Waals surface area contributed by atoms with Crippen LogP contribution in [0.25, 0.3) is 0 Å². The van der Waals surface area contributed by atoms with Gasteiger partial charge in [-0.05, 0) is 31.0 Å². The number of carbonyl (C=O) groups excluding carboxylic acids is 1. The first-order valence-corrected chi connectivity index (χ1v) is 6.75. The quantitative estimate of drug-likeness (QED) is 0.719. The molecule has 0 aliphatic carbocycles. The molecule has 0 aliphatic heterocycles. The summed E-state index contributed by atoms with van der Waals surface area (Å²) in [7, 11) is 1.65. The van der Waals surface area contributed by atoms with Crippen LogP contribution in [0.3, 0.4) is 0 Å². The fourth-order valence-electron chi connectivity index (χ4n) is 1.65. The number of nitrogens with one attached hydrogen (secondary N) is 2. The number of amides is 1. The number of ether oxygens (including phenoxy) is 1. The van der Waals surface area contributed by atoms with Crippen LogP contribution in [0.4, 0.5) is 0 Å². The van der Waals surface area contributed by atoms with Crippen molar-refractivity contribution in [1.82, 2.24) is 10.6 Å². The number of halogens is 1. The SMILES string of the molecule is COCCCNC(=O)CNC(C)c1cccc(Cl)c1. The van der Waals surface area contributed by atoms with Crippen molar-refractivity contribution in [2.45, 2.75) is 19.4 Å². The summed E-state index contributed by atoms with van der Waals surface area (Å²) >= 11 is 5.93. The lowest BCUT2D eigenvalue weighted by Gasteiger charge is -2.14. The second kappa shape index (κ2) is 8.91. The van der Waals surface area contributed by atoms with Gasteiger partial charge in [-0.25, -0.2) is 0 Å². The molecule has 0 saturated carbocycles. The predicted octanol–water partition coefficient (Wildman–Crippen LogP) is 2.14. The van der Waals surface area contributed by atoms with Crippen LogP contribution in [-0.2, 0) is 9.53 Å². The minimum Gasteiger partial charge on any atom is -0.385 e. The monoisotopic (exact) mass is 284 g/mol. The summed E-state index contributed by atoms with van der Waals surface area (Å²) < 4.78 is 4.91. The van der Waals surface area contributed by atoms with Gasteiger partial charge in [-0.15, -0.1) is 0 Å². The molecule has 1 rings (SSSR count). The molecule has 0 heterocycles. The van der Waals surface area contributed by atoms with Crippen molar-refractivity contribution < 1.29 is 9.53 Å². The Bertz CT molecular complexity index is 399. The second-order valence-corrected chi connectivity index (χ2v) is 4.79. The number of methoxy groups -OCH3 is 1. The first kappa shape index (κ1) is 16.0. The van der Waals surface area contributed by atoms with E-state index >= 15 is 0 Å². The van der Waals surface area contributed by atoms with Crippen LogP contribution in [0, 0.1) is 0 Å². The molecule has 1 amide bonds. The number of carbonyl (C=O) groups is 1. The molecule has 1 atom stereocenters. The first-order valence-electron chi connectivity index (χ1n) is 6.38. The Morgan fingerprint density at radius 3 is 2.95 bits per heavy atom. The van der Waals surface area contributed by atoms with E-state index in [4.69, 9.17) is 16.3 Å². The molecule has 1 aromatic rings. The topological polar surface area (TPSA) is 50.4 Å². The predicted molar refractivity (Wildman–Crippen MR) is 77.4 cm³/mol. The van der Waals surface area contributed by atoms with Crippen LogP contribution in [-0.4, -0.2) is 32.7 Å². The van der Waals surface area contributed by atoms with Gasteiger partial charge in [0.1, 0.15) is 0 Å². The highest BCUT2D eigenvalue weighted by Gasteiger charge is 2.07. The van der Waals surface area contributed by atoms with E-state index in [2.05, 4.69) is 10.6 Å². The van der Waals surface area contributed by atoms with Crippen molar-refractivity contribution in [2.24, 2.45) is 0 Å². The fourth-order valence-corrected chi connectivity index (χ4v) is 1.85. The maximum Gasteiger partial charge on any atom is 0.233 e. The van der Waals surface area contributed by atoms with Crippen LogP contribution in [0.5, 0.6) is 0 Å². The third-order valence-corrected chi connectivity index (χ3v) is 3.00. The van der Waals surface area contributed by atoms with Gasteiger partial charge in [0, 0.05) is 31.3 Å². The molecule has 0 bridgehead atoms. The zero-order valence-corrected chi connectivity index (χ0v) is 12.2. The van der Waals surface area contributed by atoms with Crippen LogP contribution >= 0.6 is 11.6 Å². The Morgan fingerprint density at radius 2 is 2.26 bits per heavy atom. The van der Waals surface area contributed by atoms with Crippen LogP contribution < -0.4 is 10.6 Å². The van der Waals surface area contributed by atoms with E-state index in [9.17, 15) is 4.79 Å². The summed E-state index contributed by atoms with van der Waals surface area (Å²) in [5.74, 6) is -0.00928. The lowest BCUT2D eigenvalue weighted by molar-refractivity contribution is -0.120. The molecule has 0 aromatic heterocycles. The Kier molecular flexibility index (Phi) is 7.48. The molecule has 19 heavy (non-hydrogen) atoms. The highest BCUT2D eigenvalue weighted by atomic mass is 35.5. The minimum atomic E-state index is -0.00928. The highest BCUT2D eigenvalue weighted by Crippen LogP contribution is 2.16. The molecule has 5 heteroatoms. The number of hydrogen-bond acceptors (Lipinski definition) is 3. The summed E-state index contributed by atoms with van der Waals surface area (Å²) in [6, 6.07) is 7.71. The molecule has 0 fully saturated rings. The van der Waals surface area contributed by atoms with E-state index < -0.39 is 0 Å². The Hall–Kier alpha value is -1.10. The Labute approximate surface area is 119 Å². The fraction of sp³-hybridized carbons (Fsp3) is 0.500. The molecule has 4 nitrogen and oxygen atoms in total. The normalized spacial score (nSPS) is 12.2. The van der Waals surface area contributed by atoms with Gasteiger partial charge in [0.2, 0.25) is 5.91 Å². The average Bonchev–Trinajstić information content (AvgIpc) is 2.41. The van der Waals surface area contributed by atoms with Crippen molar-refractivity contribution in [3.63, 3.8) is 0 Å². The van der Waals surface area contributed by atoms with E-state index in [1.54, 1.807) is 7.11 Å². The molecular weight excluding hydrogens is 264 g/mol. The number of rotatable bonds is 8. The van der Waals surface area contributed by atoms with Crippen LogP contribution in [0.2, 0.25) is 5.02 Å². The van der Waals surface area contributed by atoms with E-state index in [1.807, 2.05) is 31.2 Å². The van der Waals surface area contributed by atoms with Crippen molar-refractivity contribution in [3.05, 3.63) is 34.9 Å². The highest BCUT2D eigenvalue weighted by molar-refractivity contribution is 6.30. The zero-order valence-electron chi connectivity index (χ0n) is 11.4. The van der Waals surface area contributed by atoms with Gasteiger partial charge in [-0.1, -0.05) is 23.7 Å². The molecule has 1 unspecified atom stereocenters. The maximum atomic E-state index is 11.6. The third-order valence-electron chi connectivity index (χ3n) is 2.76. The molecule has 0 saturated heterocycles. The summed E-state index contributed by atoms with van der Waals surface area (Å²) in [6.07, 6.45) is 0.825. The van der Waals surface area contributed by atoms with Gasteiger partial charge in [-0.2, -0.15) is 0 Å². The molecule has 0 spiro atoms. The molecule has 1 aromatic carbocycles. The van der Waals surface area contributed by atoms with Crippen molar-refractivity contribution in [3.8, 4) is 0 Å². The van der Waals surface area contributed by atoms with E-state index in [-0.39, 0.29) is 11.9 Å². The molecule has 106 valence electrons. The Morgan fingerprint density at radius 1 is 1.47 bits per heavy atom. The van der Waals surface area contributed by atoms with Gasteiger partial charge < -0.3 is 15.4 Å². The smallest absolute Gasteiger partial charge is 0.233 e. The van der Waals surface area contributed by atoms with Crippen LogP contribution in [0.15, 0.2) is 24.3 Å². The first-order chi connectivity index (χ1) is 9.13. The van der Waals surface area contributed by atoms with E-state index in [1.165, 1.54) is 0 Å². The Balaban J connectivity index is 2.26. The largest absolute Gasteiger partial charge is 0.385 e. The lowest BCUT2D eigenvalue weighted by atomic mass is 10.1. The van der Waals surface area contributed by atoms with Crippen molar-refractivity contribution in [2.75, 3.05) is 26.8 Å². The summed E-state index contributed by atoms with van der Waals surface area (Å²) in [5.41, 5.74) is 1.07. The van der Waals surface area contributed by atoms with Crippen LogP contribution in [0.1, 0.15) is 24.9 Å². The molecule has 0 radical (unpaired) electrons. The number of hydrogen-bond donors (Lipinski definition) is 2. The van der Waals surface area contributed by atoms with Gasteiger partial charge in [-0.3, -0.25) is 4.79 Å². The molecule has 0 aliphatic rings. The van der Waals surface area contributed by atoms with E-state index in [0.717, 1.165) is 12.0 Å². The van der Waals surface area contributed by atoms with Gasteiger partial charge in [0.15, 0.2) is 0 Å². The average molecular weight is 285 g/mol. The minimum absolute atomic E-state index is 0.00928. The summed E-state index contributed by atoms with van der Waals surface area (Å²) in [5, 5.41) is 6.70. The van der Waals surface area contributed by atoms with Crippen molar-refractivity contribution in [1.29, 1.82) is 0 Å². The lowest BCUT2D eigenvalue weighted by Crippen LogP contribution is -2.35. The number of benzene rings is 1.